The third-order valence-electron chi connectivity index (χ3n) is 3.20. The van der Waals surface area contributed by atoms with Crippen molar-refractivity contribution in [3.05, 3.63) is 60.2 Å². The Labute approximate surface area is 140 Å². The molecule has 0 bridgehead atoms. The number of methoxy groups -OCH3 is 1. The number of carbonyl (C=O) groups is 2. The van der Waals surface area contributed by atoms with Crippen molar-refractivity contribution in [1.82, 2.24) is 10.9 Å². The molecule has 2 aromatic carbocycles. The van der Waals surface area contributed by atoms with Gasteiger partial charge in [-0.25, -0.2) is 0 Å². The van der Waals surface area contributed by atoms with E-state index in [0.29, 0.717) is 11.5 Å². The lowest BCUT2D eigenvalue weighted by atomic mass is 10.1. The van der Waals surface area contributed by atoms with Gasteiger partial charge in [0.1, 0.15) is 0 Å². The maximum absolute atomic E-state index is 11.7. The molecule has 0 heterocycles. The van der Waals surface area contributed by atoms with E-state index in [2.05, 4.69) is 10.9 Å². The smallest absolute Gasteiger partial charge is 0.242 e. The second-order valence-corrected chi connectivity index (χ2v) is 5.01. The predicted octanol–water partition coefficient (Wildman–Crippen LogP) is 1.85. The molecule has 24 heavy (non-hydrogen) atoms. The van der Waals surface area contributed by atoms with Crippen molar-refractivity contribution in [1.29, 1.82) is 0 Å². The minimum absolute atomic E-state index is 0.115. The quantitative estimate of drug-likeness (QED) is 0.761. The average molecular weight is 328 g/mol. The molecule has 0 saturated carbocycles. The normalized spacial score (nSPS) is 9.88. The van der Waals surface area contributed by atoms with Crippen LogP contribution in [0.2, 0.25) is 0 Å². The van der Waals surface area contributed by atoms with Crippen LogP contribution >= 0.6 is 0 Å². The molecule has 6 heteroatoms. The number of hydrogen-bond acceptors (Lipinski definition) is 4. The number of hydrogen-bond donors (Lipinski definition) is 2. The largest absolute Gasteiger partial charge is 0.493 e. The monoisotopic (exact) mass is 328 g/mol. The summed E-state index contributed by atoms with van der Waals surface area (Å²) in [4.78, 5) is 23.4. The van der Waals surface area contributed by atoms with Gasteiger partial charge in [-0.2, -0.15) is 0 Å². The van der Waals surface area contributed by atoms with Crippen LogP contribution in [0.4, 0.5) is 0 Å². The fraction of sp³-hybridized carbons (Fsp3) is 0.222. The predicted molar refractivity (Wildman–Crippen MR) is 89.5 cm³/mol. The van der Waals surface area contributed by atoms with Gasteiger partial charge in [-0.3, -0.25) is 20.4 Å². The van der Waals surface area contributed by atoms with Crippen molar-refractivity contribution in [2.45, 2.75) is 12.8 Å². The van der Waals surface area contributed by atoms with Crippen molar-refractivity contribution in [2.24, 2.45) is 0 Å². The molecular formula is C18H20N2O4. The Balaban J connectivity index is 1.67. The van der Waals surface area contributed by atoms with Gasteiger partial charge in [-0.05, 0) is 17.7 Å². The van der Waals surface area contributed by atoms with E-state index in [9.17, 15) is 9.59 Å². The van der Waals surface area contributed by atoms with Gasteiger partial charge in [-0.15, -0.1) is 0 Å². The number of ether oxygens (including phenoxy) is 2. The Morgan fingerprint density at radius 2 is 1.50 bits per heavy atom. The van der Waals surface area contributed by atoms with Crippen LogP contribution in [0.15, 0.2) is 54.6 Å². The lowest BCUT2D eigenvalue weighted by Crippen LogP contribution is -2.42. The number of carbonyl (C=O) groups excluding carboxylic acids is 2. The van der Waals surface area contributed by atoms with Gasteiger partial charge in [-0.1, -0.05) is 42.5 Å². The molecule has 0 aliphatic heterocycles. The molecular weight excluding hydrogens is 308 g/mol. The first-order chi connectivity index (χ1) is 11.7. The van der Waals surface area contributed by atoms with E-state index in [1.807, 2.05) is 42.5 Å². The van der Waals surface area contributed by atoms with E-state index in [0.717, 1.165) is 5.56 Å². The second kappa shape index (κ2) is 9.19. The highest BCUT2D eigenvalue weighted by Crippen LogP contribution is 2.25. The van der Waals surface area contributed by atoms with Crippen LogP contribution in [-0.2, 0) is 16.0 Å². The number of nitrogens with one attached hydrogen (secondary N) is 2. The number of hydrazine groups is 1. The Morgan fingerprint density at radius 3 is 2.21 bits per heavy atom. The molecule has 2 N–H and O–H groups in total. The van der Waals surface area contributed by atoms with Gasteiger partial charge in [0.05, 0.1) is 26.6 Å². The Kier molecular flexibility index (Phi) is 6.64. The summed E-state index contributed by atoms with van der Waals surface area (Å²) in [5.74, 6) is 0.571. The lowest BCUT2D eigenvalue weighted by molar-refractivity contribution is -0.128. The van der Waals surface area contributed by atoms with Gasteiger partial charge in [0.15, 0.2) is 11.5 Å². The van der Waals surface area contributed by atoms with Crippen molar-refractivity contribution < 1.29 is 19.1 Å². The maximum atomic E-state index is 11.7. The number of para-hydroxylation sites is 2. The molecule has 0 atom stereocenters. The fourth-order valence-electron chi connectivity index (χ4n) is 2.02. The van der Waals surface area contributed by atoms with Crippen LogP contribution in [0.3, 0.4) is 0 Å². The van der Waals surface area contributed by atoms with Gasteiger partial charge in [0, 0.05) is 0 Å². The summed E-state index contributed by atoms with van der Waals surface area (Å²) >= 11 is 0. The summed E-state index contributed by atoms with van der Waals surface area (Å²) in [6.45, 7) is 0.181. The highest BCUT2D eigenvalue weighted by molar-refractivity contribution is 5.83. The van der Waals surface area contributed by atoms with Crippen LogP contribution in [0.1, 0.15) is 12.0 Å². The zero-order valence-electron chi connectivity index (χ0n) is 13.5. The van der Waals surface area contributed by atoms with Gasteiger partial charge in [0.2, 0.25) is 11.8 Å². The zero-order valence-corrected chi connectivity index (χ0v) is 13.5. The summed E-state index contributed by atoms with van der Waals surface area (Å²) in [5, 5.41) is 0. The van der Waals surface area contributed by atoms with Crippen molar-refractivity contribution in [3.8, 4) is 11.5 Å². The topological polar surface area (TPSA) is 76.7 Å². The van der Waals surface area contributed by atoms with Crippen LogP contribution in [0.5, 0.6) is 11.5 Å². The molecule has 0 radical (unpaired) electrons. The highest BCUT2D eigenvalue weighted by Gasteiger charge is 2.07. The maximum Gasteiger partial charge on any atom is 0.242 e. The first kappa shape index (κ1) is 17.3. The van der Waals surface area contributed by atoms with E-state index >= 15 is 0 Å². The van der Waals surface area contributed by atoms with Crippen molar-refractivity contribution in [3.63, 3.8) is 0 Å². The molecule has 0 spiro atoms. The van der Waals surface area contributed by atoms with Crippen LogP contribution < -0.4 is 20.3 Å². The first-order valence-electron chi connectivity index (χ1n) is 7.56. The average Bonchev–Trinajstić information content (AvgIpc) is 2.61. The van der Waals surface area contributed by atoms with Crippen LogP contribution in [0, 0.1) is 0 Å². The van der Waals surface area contributed by atoms with Gasteiger partial charge >= 0.3 is 0 Å². The summed E-state index contributed by atoms with van der Waals surface area (Å²) in [7, 11) is 1.55. The minimum Gasteiger partial charge on any atom is -0.493 e. The summed E-state index contributed by atoms with van der Waals surface area (Å²) in [5.41, 5.74) is 5.63. The van der Waals surface area contributed by atoms with Gasteiger partial charge in [0.25, 0.3) is 0 Å². The third kappa shape index (κ3) is 5.64. The fourth-order valence-corrected chi connectivity index (χ4v) is 2.02. The first-order valence-corrected chi connectivity index (χ1v) is 7.56. The van der Waals surface area contributed by atoms with E-state index in [1.54, 1.807) is 19.2 Å². The summed E-state index contributed by atoms with van der Waals surface area (Å²) in [6, 6.07) is 16.5. The zero-order chi connectivity index (χ0) is 17.2. The van der Waals surface area contributed by atoms with Crippen molar-refractivity contribution in [2.75, 3.05) is 13.7 Å². The molecule has 0 saturated heterocycles. The van der Waals surface area contributed by atoms with Gasteiger partial charge < -0.3 is 9.47 Å². The molecule has 2 aromatic rings. The van der Waals surface area contributed by atoms with Crippen LogP contribution in [0.25, 0.3) is 0 Å². The molecule has 0 unspecified atom stereocenters. The van der Waals surface area contributed by atoms with E-state index < -0.39 is 0 Å². The Bertz CT molecular complexity index is 674. The standard InChI is InChI=1S/C18H20N2O4/c1-23-15-9-5-6-10-16(15)24-12-11-17(21)19-20-18(22)13-14-7-3-2-4-8-14/h2-10H,11-13H2,1H3,(H,19,21)(H,20,22). The Morgan fingerprint density at radius 1 is 0.875 bits per heavy atom. The summed E-state index contributed by atoms with van der Waals surface area (Å²) in [6.07, 6.45) is 0.322. The number of benzene rings is 2. The molecule has 6 nitrogen and oxygen atoms in total. The highest BCUT2D eigenvalue weighted by atomic mass is 16.5. The molecule has 0 aliphatic carbocycles. The molecule has 0 aromatic heterocycles. The Hall–Kier alpha value is -3.02. The molecule has 2 rings (SSSR count). The number of rotatable bonds is 7. The minimum atomic E-state index is -0.327. The third-order valence-corrected chi connectivity index (χ3v) is 3.20. The lowest BCUT2D eigenvalue weighted by Gasteiger charge is -2.11. The molecule has 2 amide bonds. The molecule has 0 aliphatic rings. The number of amides is 2. The van der Waals surface area contributed by atoms with Crippen LogP contribution in [-0.4, -0.2) is 25.5 Å². The molecule has 126 valence electrons. The SMILES string of the molecule is COc1ccccc1OCCC(=O)NNC(=O)Cc1ccccc1. The van der Waals surface area contributed by atoms with E-state index in [4.69, 9.17) is 9.47 Å². The van der Waals surface area contributed by atoms with E-state index in [1.165, 1.54) is 0 Å². The second-order valence-electron chi connectivity index (χ2n) is 5.01. The van der Waals surface area contributed by atoms with E-state index in [-0.39, 0.29) is 31.3 Å². The summed E-state index contributed by atoms with van der Waals surface area (Å²) < 4.78 is 10.7. The van der Waals surface area contributed by atoms with Crippen molar-refractivity contribution >= 4 is 11.8 Å². The molecule has 0 fully saturated rings.